The van der Waals surface area contributed by atoms with Gasteiger partial charge in [0.1, 0.15) is 16.0 Å². The minimum Gasteiger partial charge on any atom is -0.306 e. The van der Waals surface area contributed by atoms with Crippen LogP contribution >= 0.6 is 27.5 Å². The number of benzene rings is 1. The summed E-state index contributed by atoms with van der Waals surface area (Å²) in [4.78, 5) is 26.4. The molecule has 1 aromatic heterocycles. The van der Waals surface area contributed by atoms with E-state index in [0.29, 0.717) is 4.60 Å². The molecule has 0 fully saturated rings. The van der Waals surface area contributed by atoms with Crippen LogP contribution in [0.2, 0.25) is 5.02 Å². The van der Waals surface area contributed by atoms with Crippen molar-refractivity contribution in [2.45, 2.75) is 0 Å². The summed E-state index contributed by atoms with van der Waals surface area (Å²) in [6, 6.07) is 8.97. The summed E-state index contributed by atoms with van der Waals surface area (Å²) in [7, 11) is 0. The van der Waals surface area contributed by atoms with Crippen molar-refractivity contribution < 1.29 is 9.72 Å². The molecule has 1 amide bonds. The van der Waals surface area contributed by atoms with E-state index >= 15 is 0 Å². The standard InChI is InChI=1S/C12H7BrClN3O3/c13-9-5-2-6-10(15-9)16-12(18)11-7(14)3-1-4-8(11)17(19)20/h1-6H,(H,15,16,18). The number of nitrogens with zero attached hydrogens (tertiary/aromatic N) is 2. The lowest BCUT2D eigenvalue weighted by molar-refractivity contribution is -0.385. The van der Waals surface area contributed by atoms with Crippen LogP contribution in [0, 0.1) is 10.1 Å². The fraction of sp³-hybridized carbons (Fsp3) is 0. The molecule has 0 aliphatic carbocycles. The minimum atomic E-state index is -0.687. The molecule has 20 heavy (non-hydrogen) atoms. The molecule has 0 spiro atoms. The van der Waals surface area contributed by atoms with Crippen molar-refractivity contribution >= 4 is 44.9 Å². The van der Waals surface area contributed by atoms with Gasteiger partial charge in [0, 0.05) is 6.07 Å². The summed E-state index contributed by atoms with van der Waals surface area (Å²) >= 11 is 9.03. The Balaban J connectivity index is 2.37. The fourth-order valence-electron chi connectivity index (χ4n) is 1.55. The smallest absolute Gasteiger partial charge is 0.283 e. The van der Waals surface area contributed by atoms with E-state index in [9.17, 15) is 14.9 Å². The van der Waals surface area contributed by atoms with Gasteiger partial charge in [0.25, 0.3) is 11.6 Å². The van der Waals surface area contributed by atoms with Crippen LogP contribution in [0.5, 0.6) is 0 Å². The molecule has 0 bridgehead atoms. The molecule has 1 heterocycles. The third-order valence-corrected chi connectivity index (χ3v) is 3.13. The van der Waals surface area contributed by atoms with Gasteiger partial charge in [-0.25, -0.2) is 4.98 Å². The molecule has 0 aliphatic rings. The van der Waals surface area contributed by atoms with Crippen LogP contribution in [0.1, 0.15) is 10.4 Å². The lowest BCUT2D eigenvalue weighted by Crippen LogP contribution is -2.15. The number of hydrogen-bond acceptors (Lipinski definition) is 4. The Morgan fingerprint density at radius 2 is 2.00 bits per heavy atom. The van der Waals surface area contributed by atoms with E-state index in [0.717, 1.165) is 0 Å². The number of halogens is 2. The van der Waals surface area contributed by atoms with Crippen LogP contribution in [-0.2, 0) is 0 Å². The average Bonchev–Trinajstić information content (AvgIpc) is 2.38. The first-order chi connectivity index (χ1) is 9.49. The first-order valence-electron chi connectivity index (χ1n) is 5.36. The van der Waals surface area contributed by atoms with E-state index in [-0.39, 0.29) is 22.1 Å². The highest BCUT2D eigenvalue weighted by atomic mass is 79.9. The Hall–Kier alpha value is -1.99. The van der Waals surface area contributed by atoms with Gasteiger partial charge in [-0.3, -0.25) is 14.9 Å². The first kappa shape index (κ1) is 14.4. The molecule has 0 saturated heterocycles. The Morgan fingerprint density at radius 1 is 1.30 bits per heavy atom. The number of anilines is 1. The van der Waals surface area contributed by atoms with Crippen LogP contribution in [-0.4, -0.2) is 15.8 Å². The van der Waals surface area contributed by atoms with E-state index < -0.39 is 10.8 Å². The van der Waals surface area contributed by atoms with E-state index in [4.69, 9.17) is 11.6 Å². The molecule has 0 radical (unpaired) electrons. The van der Waals surface area contributed by atoms with Gasteiger partial charge < -0.3 is 5.32 Å². The van der Waals surface area contributed by atoms with Crippen molar-refractivity contribution in [2.75, 3.05) is 5.32 Å². The summed E-state index contributed by atoms with van der Waals surface area (Å²) in [5, 5.41) is 13.4. The van der Waals surface area contributed by atoms with Crippen molar-refractivity contribution in [1.29, 1.82) is 0 Å². The quantitative estimate of drug-likeness (QED) is 0.516. The molecular formula is C12H7BrClN3O3. The molecule has 1 aromatic carbocycles. The predicted molar refractivity (Wildman–Crippen MR) is 78.0 cm³/mol. The third kappa shape index (κ3) is 3.12. The fourth-order valence-corrected chi connectivity index (χ4v) is 2.15. The zero-order valence-electron chi connectivity index (χ0n) is 9.84. The lowest BCUT2D eigenvalue weighted by atomic mass is 10.1. The Kier molecular flexibility index (Phi) is 4.31. The molecule has 102 valence electrons. The van der Waals surface area contributed by atoms with Crippen molar-refractivity contribution in [3.63, 3.8) is 0 Å². The number of nitrogens with one attached hydrogen (secondary N) is 1. The van der Waals surface area contributed by atoms with E-state index in [1.54, 1.807) is 18.2 Å². The highest BCUT2D eigenvalue weighted by Crippen LogP contribution is 2.27. The maximum atomic E-state index is 12.1. The largest absolute Gasteiger partial charge is 0.306 e. The van der Waals surface area contributed by atoms with Gasteiger partial charge in [-0.2, -0.15) is 0 Å². The monoisotopic (exact) mass is 355 g/mol. The zero-order valence-corrected chi connectivity index (χ0v) is 12.2. The number of hydrogen-bond donors (Lipinski definition) is 1. The lowest BCUT2D eigenvalue weighted by Gasteiger charge is -2.06. The summed E-state index contributed by atoms with van der Waals surface area (Å²) in [5.41, 5.74) is -0.550. The van der Waals surface area contributed by atoms with Crippen molar-refractivity contribution in [1.82, 2.24) is 4.98 Å². The summed E-state index contributed by atoms with van der Waals surface area (Å²) in [6.07, 6.45) is 0. The number of nitro groups is 1. The van der Waals surface area contributed by atoms with Crippen LogP contribution in [0.25, 0.3) is 0 Å². The number of pyridine rings is 1. The highest BCUT2D eigenvalue weighted by Gasteiger charge is 2.23. The van der Waals surface area contributed by atoms with Crippen molar-refractivity contribution in [3.8, 4) is 0 Å². The Bertz CT molecular complexity index is 693. The van der Waals surface area contributed by atoms with Gasteiger partial charge in [-0.05, 0) is 34.1 Å². The maximum absolute atomic E-state index is 12.1. The molecule has 2 aromatic rings. The molecule has 8 heteroatoms. The second-order valence-electron chi connectivity index (χ2n) is 3.69. The number of carbonyl (C=O) groups excluding carboxylic acids is 1. The van der Waals surface area contributed by atoms with Crippen molar-refractivity contribution in [2.24, 2.45) is 0 Å². The van der Waals surface area contributed by atoms with E-state index in [2.05, 4.69) is 26.2 Å². The molecular weight excluding hydrogens is 350 g/mol. The number of nitro benzene ring substituents is 1. The molecule has 0 atom stereocenters. The second kappa shape index (κ2) is 5.98. The average molecular weight is 357 g/mol. The van der Waals surface area contributed by atoms with Crippen LogP contribution < -0.4 is 5.32 Å². The molecule has 0 unspecified atom stereocenters. The number of carbonyl (C=O) groups is 1. The highest BCUT2D eigenvalue weighted by molar-refractivity contribution is 9.10. The Morgan fingerprint density at radius 3 is 2.65 bits per heavy atom. The number of rotatable bonds is 3. The van der Waals surface area contributed by atoms with Gasteiger partial charge in [-0.15, -0.1) is 0 Å². The molecule has 6 nitrogen and oxygen atoms in total. The van der Waals surface area contributed by atoms with Gasteiger partial charge >= 0.3 is 0 Å². The SMILES string of the molecule is O=C(Nc1cccc(Br)n1)c1c(Cl)cccc1[N+](=O)[O-]. The summed E-state index contributed by atoms with van der Waals surface area (Å²) in [6.45, 7) is 0. The molecule has 0 aliphatic heterocycles. The van der Waals surface area contributed by atoms with E-state index in [1.165, 1.54) is 18.2 Å². The van der Waals surface area contributed by atoms with Gasteiger partial charge in [0.05, 0.1) is 9.95 Å². The summed E-state index contributed by atoms with van der Waals surface area (Å²) < 4.78 is 0.531. The second-order valence-corrected chi connectivity index (χ2v) is 4.91. The van der Waals surface area contributed by atoms with E-state index in [1.807, 2.05) is 0 Å². The van der Waals surface area contributed by atoms with Crippen LogP contribution in [0.3, 0.4) is 0 Å². The minimum absolute atomic E-state index is 0.00620. The first-order valence-corrected chi connectivity index (χ1v) is 6.53. The van der Waals surface area contributed by atoms with Crippen LogP contribution in [0.15, 0.2) is 41.0 Å². The van der Waals surface area contributed by atoms with Crippen molar-refractivity contribution in [3.05, 3.63) is 61.7 Å². The Labute approximate surface area is 127 Å². The van der Waals surface area contributed by atoms with Gasteiger partial charge in [-0.1, -0.05) is 23.7 Å². The normalized spacial score (nSPS) is 10.1. The molecule has 2 rings (SSSR count). The topological polar surface area (TPSA) is 85.1 Å². The maximum Gasteiger partial charge on any atom is 0.283 e. The summed E-state index contributed by atoms with van der Waals surface area (Å²) in [5.74, 6) is -0.425. The van der Waals surface area contributed by atoms with Gasteiger partial charge in [0.2, 0.25) is 0 Å². The number of amides is 1. The third-order valence-electron chi connectivity index (χ3n) is 2.37. The van der Waals surface area contributed by atoms with Crippen LogP contribution in [0.4, 0.5) is 11.5 Å². The molecule has 0 saturated carbocycles. The number of aromatic nitrogens is 1. The molecule has 1 N–H and O–H groups in total. The van der Waals surface area contributed by atoms with Gasteiger partial charge in [0.15, 0.2) is 0 Å². The predicted octanol–water partition coefficient (Wildman–Crippen LogP) is 3.66. The zero-order chi connectivity index (χ0) is 14.7.